The lowest BCUT2D eigenvalue weighted by molar-refractivity contribution is 0.456. The molecule has 0 bridgehead atoms. The maximum atomic E-state index is 8.62. The minimum Gasteiger partial charge on any atom is -0.492 e. The van der Waals surface area contributed by atoms with Gasteiger partial charge in [-0.25, -0.2) is 0 Å². The van der Waals surface area contributed by atoms with Crippen LogP contribution < -0.4 is 5.73 Å². The second-order valence-electron chi connectivity index (χ2n) is 1.57. The van der Waals surface area contributed by atoms with Gasteiger partial charge in [-0.15, -0.1) is 0 Å². The standard InChI is InChI=1S/C4H7N3O/c1-7-2-3(8)6-4(7)5/h2,8H,1H3,(H2,5,6)/p+1. The molecule has 0 unspecified atom stereocenters. The van der Waals surface area contributed by atoms with Crippen molar-refractivity contribution in [3.05, 3.63) is 6.20 Å². The van der Waals surface area contributed by atoms with E-state index in [4.69, 9.17) is 10.8 Å². The molecule has 0 aliphatic rings. The van der Waals surface area contributed by atoms with Crippen LogP contribution in [0.3, 0.4) is 0 Å². The van der Waals surface area contributed by atoms with E-state index in [-0.39, 0.29) is 7.31 Å². The minimum atomic E-state index is -0.0370. The van der Waals surface area contributed by atoms with Gasteiger partial charge < -0.3 is 15.4 Å². The Morgan fingerprint density at radius 3 is 2.75 bits per heavy atom. The third-order valence-electron chi connectivity index (χ3n) is 0.900. The summed E-state index contributed by atoms with van der Waals surface area (Å²) in [6.45, 7) is 0. The number of nitrogens with zero attached hydrogens (tertiary/aromatic N) is 2. The summed E-state index contributed by atoms with van der Waals surface area (Å²) in [7, 11) is 1.71. The predicted molar refractivity (Wildman–Crippen MR) is 30.4 cm³/mol. The van der Waals surface area contributed by atoms with Crippen LogP contribution >= 0.6 is 0 Å². The quantitative estimate of drug-likeness (QED) is 0.491. The van der Waals surface area contributed by atoms with Crippen LogP contribution in [0.5, 0.6) is 5.88 Å². The smallest absolute Gasteiger partial charge is 0.492 e. The number of hydrogen-bond acceptors (Lipinski definition) is 3. The number of nitrogen functional groups attached to an aromatic ring is 1. The minimum absolute atomic E-state index is 0. The van der Waals surface area contributed by atoms with Crippen LogP contribution in [0.2, 0.25) is 0 Å². The highest BCUT2D eigenvalue weighted by molar-refractivity contribution is 5.23. The zero-order chi connectivity index (χ0) is 6.15. The molecule has 1 heterocycles. The van der Waals surface area contributed by atoms with E-state index in [2.05, 4.69) is 4.98 Å². The van der Waals surface area contributed by atoms with E-state index in [0.717, 1.165) is 0 Å². The van der Waals surface area contributed by atoms with Crippen molar-refractivity contribution < 1.29 is 6.53 Å². The van der Waals surface area contributed by atoms with Gasteiger partial charge in [0, 0.05) is 7.05 Å². The molecule has 8 heavy (non-hydrogen) atoms. The van der Waals surface area contributed by atoms with Gasteiger partial charge in [0.1, 0.15) is 0 Å². The fourth-order valence-electron chi connectivity index (χ4n) is 0.464. The number of rotatable bonds is 0. The predicted octanol–water partition coefficient (Wildman–Crippen LogP) is -0.180. The fourth-order valence-corrected chi connectivity index (χ4v) is 0.464. The molecule has 3 N–H and O–H groups in total. The van der Waals surface area contributed by atoms with Gasteiger partial charge in [-0.2, -0.15) is 4.98 Å². The van der Waals surface area contributed by atoms with Crippen LogP contribution in [-0.4, -0.2) is 14.7 Å². The molecule has 0 radical (unpaired) electrons. The van der Waals surface area contributed by atoms with E-state index in [0.29, 0.717) is 5.95 Å². The topological polar surface area (TPSA) is 64.1 Å². The number of nitrogens with two attached hydrogens (primary N) is 1. The van der Waals surface area contributed by atoms with Gasteiger partial charge in [0.15, 0.2) is 0 Å². The lowest BCUT2D eigenvalue weighted by Crippen LogP contribution is -1.94. The monoisotopic (exact) mass is 114 g/mol. The number of aromatic nitrogens is 2. The summed E-state index contributed by atoms with van der Waals surface area (Å²) in [5.74, 6) is 0.285. The van der Waals surface area contributed by atoms with Crippen LogP contribution in [0.4, 0.5) is 5.95 Å². The lowest BCUT2D eigenvalue weighted by Gasteiger charge is -1.86. The first-order valence-corrected chi connectivity index (χ1v) is 2.18. The molecule has 0 aliphatic carbocycles. The summed E-state index contributed by atoms with van der Waals surface area (Å²) in [6, 6.07) is 0. The molecule has 0 saturated heterocycles. The third-order valence-corrected chi connectivity index (χ3v) is 0.900. The van der Waals surface area contributed by atoms with E-state index < -0.39 is 0 Å². The number of aromatic hydroxyl groups is 1. The number of anilines is 1. The van der Waals surface area contributed by atoms with Gasteiger partial charge in [-0.1, -0.05) is 0 Å². The van der Waals surface area contributed by atoms with E-state index in [1.807, 2.05) is 0 Å². The normalized spacial score (nSPS) is 9.62. The Hall–Kier alpha value is -1.19. The summed E-state index contributed by atoms with van der Waals surface area (Å²) >= 11 is 0. The molecule has 0 spiro atoms. The Morgan fingerprint density at radius 1 is 2.00 bits per heavy atom. The van der Waals surface area contributed by atoms with Gasteiger partial charge in [-0.3, -0.25) is 0 Å². The van der Waals surface area contributed by atoms with Gasteiger partial charge in [0.2, 0.25) is 11.8 Å². The molecule has 0 atom stereocenters. The first-order valence-electron chi connectivity index (χ1n) is 2.18. The molecule has 0 amide bonds. The molecule has 1 rings (SSSR count). The summed E-state index contributed by atoms with van der Waals surface area (Å²) < 4.78 is 1.54. The van der Waals surface area contributed by atoms with Crippen molar-refractivity contribution in [2.45, 2.75) is 0 Å². The van der Waals surface area contributed by atoms with E-state index in [9.17, 15) is 0 Å². The van der Waals surface area contributed by atoms with Crippen molar-refractivity contribution >= 4 is 5.95 Å². The molecule has 0 aromatic carbocycles. The average molecular weight is 114 g/mol. The Kier molecular flexibility index (Phi) is 0.865. The van der Waals surface area contributed by atoms with Crippen LogP contribution in [0, 0.1) is 0 Å². The Bertz CT molecular complexity index is 178. The first kappa shape index (κ1) is 4.96. The van der Waals surface area contributed by atoms with E-state index in [1.54, 1.807) is 7.05 Å². The fraction of sp³-hybridized carbons (Fsp3) is 0.250. The molecule has 0 aliphatic heterocycles. The van der Waals surface area contributed by atoms with Crippen LogP contribution in [0.1, 0.15) is 1.43 Å². The molecule has 1 aromatic rings. The molecule has 44 valence electrons. The van der Waals surface area contributed by atoms with Crippen molar-refractivity contribution in [3.63, 3.8) is 0 Å². The van der Waals surface area contributed by atoms with E-state index >= 15 is 0 Å². The maximum Gasteiger partial charge on any atom is 1.00 e. The summed E-state index contributed by atoms with van der Waals surface area (Å²) in [5.41, 5.74) is 5.23. The van der Waals surface area contributed by atoms with Gasteiger partial charge in [-0.05, 0) is 0 Å². The Balaban J connectivity index is 0.000000640. The SMILES string of the molecule is Cn1cc(O)nc1N.[H+]. The molecule has 4 nitrogen and oxygen atoms in total. The zero-order valence-electron chi connectivity index (χ0n) is 5.50. The number of imidazole rings is 1. The van der Waals surface area contributed by atoms with Crippen LogP contribution in [-0.2, 0) is 7.05 Å². The highest BCUT2D eigenvalue weighted by atomic mass is 16.3. The lowest BCUT2D eigenvalue weighted by atomic mass is 10.8. The van der Waals surface area contributed by atoms with Crippen molar-refractivity contribution in [3.8, 4) is 5.88 Å². The van der Waals surface area contributed by atoms with Gasteiger partial charge >= 0.3 is 1.43 Å². The molecule has 0 saturated carbocycles. The largest absolute Gasteiger partial charge is 1.00 e. The van der Waals surface area contributed by atoms with Crippen molar-refractivity contribution in [1.29, 1.82) is 0 Å². The first-order chi connectivity index (χ1) is 3.70. The van der Waals surface area contributed by atoms with Crippen LogP contribution in [0.25, 0.3) is 0 Å². The van der Waals surface area contributed by atoms with Gasteiger partial charge in [0.05, 0.1) is 6.20 Å². The van der Waals surface area contributed by atoms with Crippen molar-refractivity contribution in [2.24, 2.45) is 7.05 Å². The van der Waals surface area contributed by atoms with E-state index in [1.165, 1.54) is 10.8 Å². The molecular weight excluding hydrogens is 106 g/mol. The van der Waals surface area contributed by atoms with Crippen molar-refractivity contribution in [2.75, 3.05) is 5.73 Å². The van der Waals surface area contributed by atoms with Crippen LogP contribution in [0.15, 0.2) is 6.20 Å². The maximum absolute atomic E-state index is 8.62. The molecule has 4 heteroatoms. The summed E-state index contributed by atoms with van der Waals surface area (Å²) in [6.07, 6.45) is 1.44. The summed E-state index contributed by atoms with van der Waals surface area (Å²) in [5, 5.41) is 8.62. The Morgan fingerprint density at radius 2 is 2.62 bits per heavy atom. The zero-order valence-corrected chi connectivity index (χ0v) is 4.50. The third kappa shape index (κ3) is 0.598. The second-order valence-corrected chi connectivity index (χ2v) is 1.57. The van der Waals surface area contributed by atoms with Gasteiger partial charge in [0.25, 0.3) is 0 Å². The number of aryl methyl sites for hydroxylation is 1. The average Bonchev–Trinajstić information content (AvgIpc) is 1.85. The molecular formula is C4H8N3O+. The van der Waals surface area contributed by atoms with Crippen molar-refractivity contribution in [1.82, 2.24) is 9.55 Å². The number of hydrogen-bond donors (Lipinski definition) is 2. The molecule has 1 aromatic heterocycles. The highest BCUT2D eigenvalue weighted by Gasteiger charge is 1.95. The highest BCUT2D eigenvalue weighted by Crippen LogP contribution is 2.06. The molecule has 0 fully saturated rings. The second kappa shape index (κ2) is 1.40. The Labute approximate surface area is 48.1 Å². The summed E-state index contributed by atoms with van der Waals surface area (Å²) in [4.78, 5) is 3.51.